The molecule has 0 aliphatic carbocycles. The summed E-state index contributed by atoms with van der Waals surface area (Å²) >= 11 is 0. The summed E-state index contributed by atoms with van der Waals surface area (Å²) < 4.78 is 1.91. The molecule has 18 heavy (non-hydrogen) atoms. The average molecular weight is 240 g/mol. The highest BCUT2D eigenvalue weighted by atomic mass is 15.3. The van der Waals surface area contributed by atoms with Crippen LogP contribution in [0.4, 0.5) is 5.95 Å². The summed E-state index contributed by atoms with van der Waals surface area (Å²) in [4.78, 5) is 12.9. The lowest BCUT2D eigenvalue weighted by molar-refractivity contribution is 0.934. The van der Waals surface area contributed by atoms with Crippen molar-refractivity contribution in [3.05, 3.63) is 42.5 Å². The van der Waals surface area contributed by atoms with Crippen LogP contribution in [0.2, 0.25) is 0 Å². The minimum atomic E-state index is 0.386. The molecule has 0 radical (unpaired) electrons. The number of imidazole rings is 1. The fourth-order valence-corrected chi connectivity index (χ4v) is 1.91. The molecule has 90 valence electrons. The summed E-state index contributed by atoms with van der Waals surface area (Å²) in [6.45, 7) is 1.92. The Bertz CT molecular complexity index is 703. The van der Waals surface area contributed by atoms with E-state index in [1.807, 2.05) is 42.0 Å². The van der Waals surface area contributed by atoms with Crippen molar-refractivity contribution in [1.82, 2.24) is 19.5 Å². The molecular formula is C12H12N6. The number of fused-ring (bicyclic) bond motifs is 1. The van der Waals surface area contributed by atoms with Gasteiger partial charge in [-0.05, 0) is 19.1 Å². The van der Waals surface area contributed by atoms with Gasteiger partial charge in [0.05, 0.1) is 5.52 Å². The molecule has 3 N–H and O–H groups in total. The maximum Gasteiger partial charge on any atom is 0.239 e. The van der Waals surface area contributed by atoms with Crippen LogP contribution in [0.3, 0.4) is 0 Å². The van der Waals surface area contributed by atoms with Crippen LogP contribution < -0.4 is 11.3 Å². The first-order chi connectivity index (χ1) is 8.79. The highest BCUT2D eigenvalue weighted by Gasteiger charge is 2.10. The van der Waals surface area contributed by atoms with Gasteiger partial charge in [0, 0.05) is 17.8 Å². The third kappa shape index (κ3) is 1.59. The first-order valence-corrected chi connectivity index (χ1v) is 5.53. The first-order valence-electron chi connectivity index (χ1n) is 5.53. The van der Waals surface area contributed by atoms with Gasteiger partial charge < -0.3 is 0 Å². The zero-order chi connectivity index (χ0) is 12.5. The van der Waals surface area contributed by atoms with E-state index in [-0.39, 0.29) is 0 Å². The second-order valence-electron chi connectivity index (χ2n) is 3.88. The van der Waals surface area contributed by atoms with E-state index in [2.05, 4.69) is 20.4 Å². The Kier molecular flexibility index (Phi) is 2.42. The quantitative estimate of drug-likeness (QED) is 0.523. The highest BCUT2D eigenvalue weighted by molar-refractivity contribution is 5.86. The Morgan fingerprint density at radius 3 is 2.78 bits per heavy atom. The Morgan fingerprint density at radius 1 is 1.22 bits per heavy atom. The molecule has 3 rings (SSSR count). The molecule has 0 unspecified atom stereocenters. The molecule has 0 atom stereocenters. The average Bonchev–Trinajstić information content (AvgIpc) is 2.83. The summed E-state index contributed by atoms with van der Waals surface area (Å²) in [5, 5.41) is 0.956. The molecule has 0 spiro atoms. The number of hydrazine groups is 1. The number of nitrogens with two attached hydrogens (primary N) is 1. The van der Waals surface area contributed by atoms with Gasteiger partial charge in [-0.25, -0.2) is 15.8 Å². The lowest BCUT2D eigenvalue weighted by Gasteiger charge is -2.09. The Labute approximate surface area is 103 Å². The van der Waals surface area contributed by atoms with Gasteiger partial charge in [0.1, 0.15) is 5.82 Å². The predicted molar refractivity (Wildman–Crippen MR) is 69.2 cm³/mol. The maximum absolute atomic E-state index is 5.40. The zero-order valence-electron chi connectivity index (χ0n) is 9.83. The number of nitrogens with one attached hydrogen (secondary N) is 1. The number of nitrogen functional groups attached to an aromatic ring is 1. The van der Waals surface area contributed by atoms with Crippen molar-refractivity contribution in [2.24, 2.45) is 5.84 Å². The van der Waals surface area contributed by atoms with Crippen LogP contribution in [-0.4, -0.2) is 19.5 Å². The minimum Gasteiger partial charge on any atom is -0.292 e. The molecule has 2 heterocycles. The smallest absolute Gasteiger partial charge is 0.239 e. The Morgan fingerprint density at radius 2 is 2.06 bits per heavy atom. The van der Waals surface area contributed by atoms with Crippen LogP contribution in [0.25, 0.3) is 16.7 Å². The molecule has 6 heteroatoms. The zero-order valence-corrected chi connectivity index (χ0v) is 9.83. The van der Waals surface area contributed by atoms with Gasteiger partial charge in [-0.3, -0.25) is 9.99 Å². The lowest BCUT2D eigenvalue weighted by Crippen LogP contribution is -2.12. The summed E-state index contributed by atoms with van der Waals surface area (Å²) in [5.74, 6) is 7.42. The summed E-state index contributed by atoms with van der Waals surface area (Å²) in [6.07, 6.45) is 3.60. The number of para-hydroxylation sites is 1. The fourth-order valence-electron chi connectivity index (χ4n) is 1.91. The van der Waals surface area contributed by atoms with Crippen LogP contribution in [0, 0.1) is 6.92 Å². The lowest BCUT2D eigenvalue weighted by atomic mass is 10.2. The van der Waals surface area contributed by atoms with Gasteiger partial charge in [0.25, 0.3) is 0 Å². The molecule has 0 bridgehead atoms. The van der Waals surface area contributed by atoms with Crippen LogP contribution in [-0.2, 0) is 0 Å². The van der Waals surface area contributed by atoms with Gasteiger partial charge in [0.2, 0.25) is 5.95 Å². The highest BCUT2D eigenvalue weighted by Crippen LogP contribution is 2.21. The first kappa shape index (κ1) is 10.7. The van der Waals surface area contributed by atoms with Gasteiger partial charge in [-0.15, -0.1) is 0 Å². The molecule has 3 aromatic rings. The molecule has 2 aromatic heterocycles. The van der Waals surface area contributed by atoms with Crippen LogP contribution in [0.15, 0.2) is 36.7 Å². The third-order valence-corrected chi connectivity index (χ3v) is 2.77. The SMILES string of the molecule is Cc1nccn1-c1nc(NN)nc2ccccc12. The van der Waals surface area contributed by atoms with Crippen LogP contribution >= 0.6 is 0 Å². The van der Waals surface area contributed by atoms with Gasteiger partial charge in [0.15, 0.2) is 5.82 Å². The van der Waals surface area contributed by atoms with E-state index in [4.69, 9.17) is 5.84 Å². The molecule has 0 saturated heterocycles. The third-order valence-electron chi connectivity index (χ3n) is 2.77. The number of anilines is 1. The van der Waals surface area contributed by atoms with Crippen molar-refractivity contribution in [2.75, 3.05) is 5.43 Å². The van der Waals surface area contributed by atoms with Gasteiger partial charge in [-0.2, -0.15) is 4.98 Å². The number of benzene rings is 1. The van der Waals surface area contributed by atoms with Crippen molar-refractivity contribution in [2.45, 2.75) is 6.92 Å². The van der Waals surface area contributed by atoms with E-state index in [1.54, 1.807) is 6.20 Å². The molecule has 0 amide bonds. The number of rotatable bonds is 2. The van der Waals surface area contributed by atoms with Crippen molar-refractivity contribution >= 4 is 16.9 Å². The Balaban J connectivity index is 2.36. The fraction of sp³-hybridized carbons (Fsp3) is 0.0833. The van der Waals surface area contributed by atoms with Gasteiger partial charge in [-0.1, -0.05) is 12.1 Å². The second-order valence-corrected chi connectivity index (χ2v) is 3.88. The van der Waals surface area contributed by atoms with E-state index in [0.29, 0.717) is 5.95 Å². The minimum absolute atomic E-state index is 0.386. The number of hydrogen-bond donors (Lipinski definition) is 2. The second kappa shape index (κ2) is 4.08. The van der Waals surface area contributed by atoms with Crippen molar-refractivity contribution in [1.29, 1.82) is 0 Å². The Hall–Kier alpha value is -2.47. The normalized spacial score (nSPS) is 10.8. The van der Waals surface area contributed by atoms with Crippen LogP contribution in [0.5, 0.6) is 0 Å². The molecule has 6 nitrogen and oxygen atoms in total. The van der Waals surface area contributed by atoms with Crippen molar-refractivity contribution in [3.63, 3.8) is 0 Å². The summed E-state index contributed by atoms with van der Waals surface area (Å²) in [5.41, 5.74) is 3.32. The monoisotopic (exact) mass is 240 g/mol. The topological polar surface area (TPSA) is 81.7 Å². The van der Waals surface area contributed by atoms with E-state index in [1.165, 1.54) is 0 Å². The van der Waals surface area contributed by atoms with Crippen molar-refractivity contribution in [3.8, 4) is 5.82 Å². The largest absolute Gasteiger partial charge is 0.292 e. The predicted octanol–water partition coefficient (Wildman–Crippen LogP) is 1.41. The van der Waals surface area contributed by atoms with Crippen LogP contribution in [0.1, 0.15) is 5.82 Å². The standard InChI is InChI=1S/C12H12N6/c1-8-14-6-7-18(8)11-9-4-2-3-5-10(9)15-12(16-11)17-13/h2-7H,13H2,1H3,(H,15,16,17). The maximum atomic E-state index is 5.40. The number of aryl methyl sites for hydroxylation is 1. The van der Waals surface area contributed by atoms with Gasteiger partial charge >= 0.3 is 0 Å². The number of hydrogen-bond acceptors (Lipinski definition) is 5. The van der Waals surface area contributed by atoms with E-state index >= 15 is 0 Å². The molecule has 0 fully saturated rings. The molecular weight excluding hydrogens is 228 g/mol. The molecule has 0 aliphatic rings. The number of aromatic nitrogens is 4. The molecule has 1 aromatic carbocycles. The van der Waals surface area contributed by atoms with E-state index < -0.39 is 0 Å². The number of nitrogens with zero attached hydrogens (tertiary/aromatic N) is 4. The van der Waals surface area contributed by atoms with E-state index in [9.17, 15) is 0 Å². The molecule has 0 aliphatic heterocycles. The van der Waals surface area contributed by atoms with E-state index in [0.717, 1.165) is 22.5 Å². The van der Waals surface area contributed by atoms with Crippen molar-refractivity contribution < 1.29 is 0 Å². The summed E-state index contributed by atoms with van der Waals surface area (Å²) in [7, 11) is 0. The molecule has 0 saturated carbocycles. The summed E-state index contributed by atoms with van der Waals surface area (Å²) in [6, 6.07) is 7.79.